The smallest absolute Gasteiger partial charge is 0.0580 e. The fourth-order valence-corrected chi connectivity index (χ4v) is 4.18. The van der Waals surface area contributed by atoms with Crippen molar-refractivity contribution in [2.24, 2.45) is 17.8 Å². The highest BCUT2D eigenvalue weighted by Gasteiger charge is 2.46. The largest absolute Gasteiger partial charge is 0.235 e. The fourth-order valence-electron chi connectivity index (χ4n) is 4.18. The van der Waals surface area contributed by atoms with Gasteiger partial charge in [-0.3, -0.25) is 0 Å². The highest BCUT2D eigenvalue weighted by molar-refractivity contribution is 5.18. The Morgan fingerprint density at radius 1 is 1.06 bits per heavy atom. The van der Waals surface area contributed by atoms with Crippen LogP contribution in [0.5, 0.6) is 0 Å². The Labute approximate surface area is 102 Å². The molecule has 2 fully saturated rings. The summed E-state index contributed by atoms with van der Waals surface area (Å²) in [4.78, 5) is 0. The average molecular weight is 232 g/mol. The van der Waals surface area contributed by atoms with Gasteiger partial charge in [0.05, 0.1) is 12.1 Å². The first kappa shape index (κ1) is 10.3. The van der Waals surface area contributed by atoms with Crippen molar-refractivity contribution >= 4 is 0 Å². The zero-order valence-electron chi connectivity index (χ0n) is 9.97. The monoisotopic (exact) mass is 232 g/mol. The molecule has 92 valence electrons. The van der Waals surface area contributed by atoms with Crippen LogP contribution in [0, 0.1) is 17.8 Å². The second kappa shape index (κ2) is 3.92. The van der Waals surface area contributed by atoms with Gasteiger partial charge in [-0.15, -0.1) is 0 Å². The molecule has 0 aromatic heterocycles. The molecule has 2 aliphatic heterocycles. The van der Waals surface area contributed by atoms with E-state index < -0.39 is 0 Å². The summed E-state index contributed by atoms with van der Waals surface area (Å²) in [5.74, 6) is 2.33. The second-order valence-electron chi connectivity index (χ2n) is 5.70. The normalized spacial score (nSPS) is 48.6. The molecule has 4 rings (SSSR count). The third-order valence-corrected chi connectivity index (χ3v) is 4.88. The van der Waals surface area contributed by atoms with Gasteiger partial charge in [0.25, 0.3) is 0 Å². The van der Waals surface area contributed by atoms with Crippen molar-refractivity contribution < 1.29 is 0 Å². The molecule has 4 heteroatoms. The minimum atomic E-state index is 0.443. The summed E-state index contributed by atoms with van der Waals surface area (Å²) in [5, 5.41) is 2.37. The molecule has 2 heterocycles. The quantitative estimate of drug-likeness (QED) is 0.538. The third-order valence-electron chi connectivity index (χ3n) is 4.88. The van der Waals surface area contributed by atoms with E-state index in [1.165, 1.54) is 19.3 Å². The Kier molecular flexibility index (Phi) is 2.36. The van der Waals surface area contributed by atoms with Gasteiger partial charge in [-0.2, -0.15) is 11.1 Å². The minimum absolute atomic E-state index is 0.443. The lowest BCUT2D eigenvalue weighted by Gasteiger charge is -2.51. The van der Waals surface area contributed by atoms with Gasteiger partial charge in [0.2, 0.25) is 0 Å². The van der Waals surface area contributed by atoms with Gasteiger partial charge in [0, 0.05) is 6.54 Å². The summed E-state index contributed by atoms with van der Waals surface area (Å²) in [5.41, 5.74) is 9.69. The number of nitrogens with one attached hydrogen (secondary N) is 3. The van der Waals surface area contributed by atoms with Gasteiger partial charge >= 0.3 is 0 Å². The molecule has 5 atom stereocenters. The molecule has 1 saturated carbocycles. The van der Waals surface area contributed by atoms with Crippen LogP contribution in [0.4, 0.5) is 0 Å². The van der Waals surface area contributed by atoms with Crippen LogP contribution in [0.2, 0.25) is 0 Å². The minimum Gasteiger partial charge on any atom is -0.235 e. The van der Waals surface area contributed by atoms with Gasteiger partial charge in [-0.05, 0) is 30.6 Å². The van der Waals surface area contributed by atoms with E-state index in [1.54, 1.807) is 0 Å². The number of hydrogen-bond donors (Lipinski definition) is 3. The first-order valence-electron chi connectivity index (χ1n) is 6.81. The molecule has 0 radical (unpaired) electrons. The molecule has 0 aromatic rings. The predicted octanol–water partition coefficient (Wildman–Crippen LogP) is 0.725. The summed E-state index contributed by atoms with van der Waals surface area (Å²) in [6.07, 6.45) is 13.7. The lowest BCUT2D eigenvalue weighted by atomic mass is 9.65. The number of hydrogen-bond acceptors (Lipinski definition) is 4. The van der Waals surface area contributed by atoms with Crippen LogP contribution >= 0.6 is 0 Å². The van der Waals surface area contributed by atoms with Crippen LogP contribution in [0.25, 0.3) is 0 Å². The Morgan fingerprint density at radius 3 is 2.88 bits per heavy atom. The number of allylic oxidation sites excluding steroid dienone is 2. The van der Waals surface area contributed by atoms with Crippen LogP contribution < -0.4 is 16.5 Å². The van der Waals surface area contributed by atoms with E-state index in [0.717, 1.165) is 24.3 Å². The van der Waals surface area contributed by atoms with Crippen LogP contribution in [0.3, 0.4) is 0 Å². The summed E-state index contributed by atoms with van der Waals surface area (Å²) in [7, 11) is 0. The van der Waals surface area contributed by atoms with Crippen LogP contribution in [0.1, 0.15) is 19.3 Å². The van der Waals surface area contributed by atoms with Crippen molar-refractivity contribution in [2.45, 2.75) is 31.3 Å². The molecule has 0 amide bonds. The van der Waals surface area contributed by atoms with Crippen LogP contribution in [0.15, 0.2) is 24.3 Å². The molecule has 5 unspecified atom stereocenters. The van der Waals surface area contributed by atoms with Gasteiger partial charge in [0.1, 0.15) is 0 Å². The maximum atomic E-state index is 3.35. The number of hydrazine groups is 3. The van der Waals surface area contributed by atoms with Crippen molar-refractivity contribution in [1.29, 1.82) is 0 Å². The lowest BCUT2D eigenvalue weighted by Crippen LogP contribution is -2.72. The maximum Gasteiger partial charge on any atom is 0.0580 e. The zero-order valence-corrected chi connectivity index (χ0v) is 9.97. The SMILES string of the molecule is C1=CC2CCCC3C=CC4NNNN(C1)C4C23. The van der Waals surface area contributed by atoms with Crippen LogP contribution in [-0.2, 0) is 0 Å². The fraction of sp³-hybridized carbons (Fsp3) is 0.692. The second-order valence-corrected chi connectivity index (χ2v) is 5.70. The zero-order chi connectivity index (χ0) is 11.2. The van der Waals surface area contributed by atoms with E-state index in [0.29, 0.717) is 12.1 Å². The van der Waals surface area contributed by atoms with E-state index in [-0.39, 0.29) is 0 Å². The molecule has 2 aliphatic carbocycles. The average Bonchev–Trinajstić information content (AvgIpc) is 2.57. The predicted molar refractivity (Wildman–Crippen MR) is 66.3 cm³/mol. The first-order valence-corrected chi connectivity index (χ1v) is 6.81. The van der Waals surface area contributed by atoms with Crippen molar-refractivity contribution in [3.05, 3.63) is 24.3 Å². The topological polar surface area (TPSA) is 39.3 Å². The standard InChI is InChI=1S/C13H20N4/c1-3-9-5-2-8-17-13-11(14-15-16-17)7-6-10(4-1)12(9)13/h2,5-7,9-16H,1,3-4,8H2. The van der Waals surface area contributed by atoms with Gasteiger partial charge in [-0.25, -0.2) is 10.4 Å². The Bertz CT molecular complexity index is 364. The molecule has 4 nitrogen and oxygen atoms in total. The lowest BCUT2D eigenvalue weighted by molar-refractivity contribution is -0.0314. The Hall–Kier alpha value is -0.680. The molecular formula is C13H20N4. The molecule has 17 heavy (non-hydrogen) atoms. The molecule has 0 bridgehead atoms. The molecule has 0 aromatic carbocycles. The molecule has 3 N–H and O–H groups in total. The Morgan fingerprint density at radius 2 is 1.94 bits per heavy atom. The third kappa shape index (κ3) is 1.52. The van der Waals surface area contributed by atoms with E-state index in [4.69, 9.17) is 0 Å². The van der Waals surface area contributed by atoms with Crippen molar-refractivity contribution in [2.75, 3.05) is 6.54 Å². The Balaban J connectivity index is 1.76. The van der Waals surface area contributed by atoms with Crippen molar-refractivity contribution in [1.82, 2.24) is 21.5 Å². The highest BCUT2D eigenvalue weighted by Crippen LogP contribution is 2.44. The van der Waals surface area contributed by atoms with E-state index >= 15 is 0 Å². The summed E-state index contributed by atoms with van der Waals surface area (Å²) in [6.45, 7) is 1.00. The van der Waals surface area contributed by atoms with Gasteiger partial charge < -0.3 is 0 Å². The van der Waals surface area contributed by atoms with Crippen molar-refractivity contribution in [3.8, 4) is 0 Å². The number of nitrogens with zero attached hydrogens (tertiary/aromatic N) is 1. The van der Waals surface area contributed by atoms with E-state index in [2.05, 4.69) is 45.8 Å². The molecular weight excluding hydrogens is 212 g/mol. The van der Waals surface area contributed by atoms with Gasteiger partial charge in [-0.1, -0.05) is 30.7 Å². The summed E-state index contributed by atoms with van der Waals surface area (Å²) >= 11 is 0. The number of rotatable bonds is 0. The summed E-state index contributed by atoms with van der Waals surface area (Å²) in [6, 6.07) is 1.03. The molecule has 4 aliphatic rings. The van der Waals surface area contributed by atoms with Crippen LogP contribution in [-0.4, -0.2) is 23.6 Å². The summed E-state index contributed by atoms with van der Waals surface area (Å²) < 4.78 is 0. The highest BCUT2D eigenvalue weighted by atomic mass is 15.8. The first-order chi connectivity index (χ1) is 8.43. The van der Waals surface area contributed by atoms with Gasteiger partial charge in [0.15, 0.2) is 0 Å². The maximum absolute atomic E-state index is 3.35. The van der Waals surface area contributed by atoms with E-state index in [9.17, 15) is 0 Å². The molecule has 1 saturated heterocycles. The molecule has 0 spiro atoms. The van der Waals surface area contributed by atoms with Crippen molar-refractivity contribution in [3.63, 3.8) is 0 Å². The van der Waals surface area contributed by atoms with E-state index in [1.807, 2.05) is 0 Å².